The van der Waals surface area contributed by atoms with E-state index in [1.807, 2.05) is 23.0 Å². The van der Waals surface area contributed by atoms with E-state index in [1.54, 1.807) is 0 Å². The molecular weight excluding hydrogens is 703 g/mol. The summed E-state index contributed by atoms with van der Waals surface area (Å²) in [6, 6.07) is 29.5. The number of nitrogens with two attached hydrogens (primary N) is 1. The lowest BCUT2D eigenvalue weighted by Gasteiger charge is -2.57. The fourth-order valence-corrected chi connectivity index (χ4v) is 11.9. The van der Waals surface area contributed by atoms with Gasteiger partial charge in [-0.25, -0.2) is 4.98 Å². The maximum atomic E-state index is 12.5. The number of benzene rings is 3. The molecule has 2 aromatic heterocycles. The van der Waals surface area contributed by atoms with Crippen molar-refractivity contribution in [1.29, 1.82) is 5.41 Å². The second-order valence-corrected chi connectivity index (χ2v) is 18.2. The Hall–Kier alpha value is -4.93. The zero-order valence-corrected chi connectivity index (χ0v) is 33.2. The quantitative estimate of drug-likeness (QED) is 0.0871. The minimum atomic E-state index is -0.265. The molecule has 5 saturated carbocycles. The molecule has 0 saturated heterocycles. The van der Waals surface area contributed by atoms with Crippen LogP contribution in [0.4, 0.5) is 0 Å². The second-order valence-electron chi connectivity index (χ2n) is 18.2. The van der Waals surface area contributed by atoms with Crippen molar-refractivity contribution in [1.82, 2.24) is 14.1 Å². The fourth-order valence-electron chi connectivity index (χ4n) is 11.9. The normalized spacial score (nSPS) is 25.6. The van der Waals surface area contributed by atoms with Crippen LogP contribution >= 0.6 is 0 Å². The Morgan fingerprint density at radius 1 is 0.877 bits per heavy atom. The van der Waals surface area contributed by atoms with Gasteiger partial charge in [-0.05, 0) is 142 Å². The first kappa shape index (κ1) is 37.6. The first-order valence-electron chi connectivity index (χ1n) is 21.7. The van der Waals surface area contributed by atoms with E-state index in [0.29, 0.717) is 17.4 Å². The standard InChI is InChI=1S/C50H57N5O2/c51-47-45-44(39-14-5-2-6-15-39)46(40-16-7-3-8-17-40)54(49(45)53-33-55(47)42-19-21-43(56)22-20-42)32-35-13-10-12-34(25-35)11-4-1-9-18-41(48(52)57)23-24-50-29-36-26-37(30-50)28-38(27-36)31-50/h2-3,5-8,10,12-17,25,33,36-38,41-43,51,56H,1,9,18-24,26-32H2,(H2,52,57). The number of aliphatic hydroxyl groups is 1. The van der Waals surface area contributed by atoms with E-state index < -0.39 is 0 Å². The number of rotatable bonds is 12. The highest BCUT2D eigenvalue weighted by molar-refractivity contribution is 6.02. The SMILES string of the molecule is N=c1c2c(-c3ccccc3)c(-c3ccccc3)n(Cc3cccc(C#CCCCC(CCC45CC6CC(CC(C6)C4)C5)C(N)=O)c3)c2ncn1C1CCC(O)CC1. The van der Waals surface area contributed by atoms with Gasteiger partial charge < -0.3 is 20.0 Å². The van der Waals surface area contributed by atoms with E-state index in [0.717, 1.165) is 114 Å². The van der Waals surface area contributed by atoms with Gasteiger partial charge in [-0.15, -0.1) is 0 Å². The van der Waals surface area contributed by atoms with Crippen LogP contribution in [-0.4, -0.2) is 31.2 Å². The first-order valence-corrected chi connectivity index (χ1v) is 21.7. The predicted molar refractivity (Wildman–Crippen MR) is 227 cm³/mol. The van der Waals surface area contributed by atoms with Crippen LogP contribution in [0, 0.1) is 46.3 Å². The van der Waals surface area contributed by atoms with Gasteiger partial charge in [0.25, 0.3) is 0 Å². The highest BCUT2D eigenvalue weighted by atomic mass is 16.3. The van der Waals surface area contributed by atoms with Gasteiger partial charge in [0.15, 0.2) is 0 Å². The predicted octanol–water partition coefficient (Wildman–Crippen LogP) is 9.80. The highest BCUT2D eigenvalue weighted by Crippen LogP contribution is 2.62. The smallest absolute Gasteiger partial charge is 0.220 e. The number of amides is 1. The van der Waals surface area contributed by atoms with Crippen molar-refractivity contribution in [2.24, 2.45) is 34.8 Å². The van der Waals surface area contributed by atoms with Crippen LogP contribution in [0.1, 0.15) is 113 Å². The van der Waals surface area contributed by atoms with Gasteiger partial charge in [0, 0.05) is 36.1 Å². The summed E-state index contributed by atoms with van der Waals surface area (Å²) in [5.41, 5.74) is 14.0. The summed E-state index contributed by atoms with van der Waals surface area (Å²) in [7, 11) is 0. The molecule has 7 nitrogen and oxygen atoms in total. The summed E-state index contributed by atoms with van der Waals surface area (Å²) >= 11 is 0. The zero-order valence-electron chi connectivity index (χ0n) is 33.2. The summed E-state index contributed by atoms with van der Waals surface area (Å²) < 4.78 is 4.31. The number of unbranched alkanes of at least 4 members (excludes halogenated alkanes) is 1. The van der Waals surface area contributed by atoms with Crippen molar-refractivity contribution in [2.45, 2.75) is 115 Å². The monoisotopic (exact) mass is 759 g/mol. The molecule has 4 N–H and O–H groups in total. The van der Waals surface area contributed by atoms with Crippen LogP contribution in [-0.2, 0) is 11.3 Å². The molecule has 4 bridgehead atoms. The molecule has 5 aliphatic carbocycles. The lowest BCUT2D eigenvalue weighted by molar-refractivity contribution is -0.123. The number of fused-ring (bicyclic) bond motifs is 1. The minimum Gasteiger partial charge on any atom is -0.393 e. The first-order chi connectivity index (χ1) is 27.8. The van der Waals surface area contributed by atoms with Crippen LogP contribution in [0.2, 0.25) is 0 Å². The number of nitrogens with one attached hydrogen (secondary N) is 1. The van der Waals surface area contributed by atoms with E-state index in [2.05, 4.69) is 89.2 Å². The molecule has 2 heterocycles. The van der Waals surface area contributed by atoms with E-state index in [4.69, 9.17) is 10.7 Å². The topological polar surface area (TPSA) is 110 Å². The van der Waals surface area contributed by atoms with Crippen molar-refractivity contribution in [3.63, 3.8) is 0 Å². The third kappa shape index (κ3) is 7.86. The number of nitrogens with zero attached hydrogens (tertiary/aromatic N) is 3. The number of carbonyl (C=O) groups excluding carboxylic acids is 1. The molecule has 5 aromatic rings. The molecule has 5 fully saturated rings. The third-order valence-corrected chi connectivity index (χ3v) is 14.2. The number of aliphatic hydroxyl groups excluding tert-OH is 1. The third-order valence-electron chi connectivity index (χ3n) is 14.2. The molecule has 3 aromatic carbocycles. The number of aromatic nitrogens is 3. The van der Waals surface area contributed by atoms with Gasteiger partial charge in [-0.3, -0.25) is 10.2 Å². The van der Waals surface area contributed by atoms with Gasteiger partial charge in [-0.1, -0.05) is 84.6 Å². The number of hydrogen-bond donors (Lipinski definition) is 3. The van der Waals surface area contributed by atoms with E-state index >= 15 is 0 Å². The molecule has 0 spiro atoms. The average Bonchev–Trinajstić information content (AvgIpc) is 3.54. The molecule has 1 atom stereocenters. The van der Waals surface area contributed by atoms with E-state index in [1.165, 1.54) is 44.9 Å². The Morgan fingerprint density at radius 3 is 2.21 bits per heavy atom. The van der Waals surface area contributed by atoms with Gasteiger partial charge in [0.1, 0.15) is 11.1 Å². The molecule has 10 rings (SSSR count). The Kier molecular flexibility index (Phi) is 10.7. The zero-order chi connectivity index (χ0) is 38.9. The lowest BCUT2D eigenvalue weighted by atomic mass is 9.48. The van der Waals surface area contributed by atoms with E-state index in [-0.39, 0.29) is 24.0 Å². The van der Waals surface area contributed by atoms with Crippen LogP contribution in [0.25, 0.3) is 33.4 Å². The molecular formula is C50H57N5O2. The Balaban J connectivity index is 0.955. The number of hydrogen-bond acceptors (Lipinski definition) is 4. The average molecular weight is 760 g/mol. The van der Waals surface area contributed by atoms with Crippen molar-refractivity contribution < 1.29 is 9.90 Å². The molecule has 1 unspecified atom stereocenters. The summed E-state index contributed by atoms with van der Waals surface area (Å²) in [4.78, 5) is 17.7. The maximum absolute atomic E-state index is 12.5. The minimum absolute atomic E-state index is 0.0537. The molecule has 294 valence electrons. The summed E-state index contributed by atoms with van der Waals surface area (Å²) in [5, 5.41) is 20.7. The second kappa shape index (κ2) is 16.1. The van der Waals surface area contributed by atoms with Crippen LogP contribution in [0.5, 0.6) is 0 Å². The van der Waals surface area contributed by atoms with Crippen LogP contribution < -0.4 is 11.2 Å². The molecule has 0 radical (unpaired) electrons. The van der Waals surface area contributed by atoms with E-state index in [9.17, 15) is 15.3 Å². The van der Waals surface area contributed by atoms with Gasteiger partial charge in [-0.2, -0.15) is 0 Å². The molecule has 57 heavy (non-hydrogen) atoms. The summed E-state index contributed by atoms with van der Waals surface area (Å²) in [6.07, 6.45) is 17.8. The fraction of sp³-hybridized carbons (Fsp3) is 0.460. The number of carbonyl (C=O) groups is 1. The van der Waals surface area contributed by atoms with Gasteiger partial charge >= 0.3 is 0 Å². The largest absolute Gasteiger partial charge is 0.393 e. The molecule has 7 heteroatoms. The Morgan fingerprint density at radius 2 is 1.54 bits per heavy atom. The molecule has 1 amide bonds. The van der Waals surface area contributed by atoms with Gasteiger partial charge in [0.05, 0.1) is 23.5 Å². The van der Waals surface area contributed by atoms with Crippen LogP contribution in [0.3, 0.4) is 0 Å². The maximum Gasteiger partial charge on any atom is 0.220 e. The lowest BCUT2D eigenvalue weighted by Crippen LogP contribution is -2.46. The molecule has 0 aliphatic heterocycles. The van der Waals surface area contributed by atoms with Crippen molar-refractivity contribution in [3.8, 4) is 34.2 Å². The highest BCUT2D eigenvalue weighted by Gasteiger charge is 2.50. The van der Waals surface area contributed by atoms with Crippen molar-refractivity contribution in [3.05, 3.63) is 108 Å². The van der Waals surface area contributed by atoms with Crippen LogP contribution in [0.15, 0.2) is 91.3 Å². The Bertz CT molecular complexity index is 2310. The van der Waals surface area contributed by atoms with Gasteiger partial charge in [0.2, 0.25) is 5.91 Å². The summed E-state index contributed by atoms with van der Waals surface area (Å²) in [6.45, 7) is 0.569. The van der Waals surface area contributed by atoms with Crippen molar-refractivity contribution >= 4 is 16.9 Å². The molecule has 5 aliphatic rings. The Labute approximate surface area is 337 Å². The summed E-state index contributed by atoms with van der Waals surface area (Å²) in [5.74, 6) is 9.44. The number of primary amides is 1. The van der Waals surface area contributed by atoms with Crippen molar-refractivity contribution in [2.75, 3.05) is 0 Å².